The van der Waals surface area contributed by atoms with Gasteiger partial charge in [0.05, 0.1) is 31.3 Å². The number of ether oxygens (including phenoxy) is 2. The SMILES string of the molecule is COc1ccc(-c2ccc(N)c(C)n2)c(OC)c1Br. The van der Waals surface area contributed by atoms with Crippen molar-refractivity contribution in [2.24, 2.45) is 0 Å². The molecular formula is C14H15BrN2O2. The fraction of sp³-hybridized carbons (Fsp3) is 0.214. The Morgan fingerprint density at radius 1 is 1.11 bits per heavy atom. The van der Waals surface area contributed by atoms with Crippen LogP contribution in [0.2, 0.25) is 0 Å². The second-order valence-electron chi connectivity index (χ2n) is 4.03. The number of anilines is 1. The average Bonchev–Trinajstić information content (AvgIpc) is 2.41. The highest BCUT2D eigenvalue weighted by Crippen LogP contribution is 2.41. The number of nitrogens with two attached hydrogens (primary N) is 1. The zero-order valence-electron chi connectivity index (χ0n) is 11.0. The zero-order chi connectivity index (χ0) is 14.0. The Bertz CT molecular complexity index is 615. The quantitative estimate of drug-likeness (QED) is 0.940. The van der Waals surface area contributed by atoms with Crippen LogP contribution in [0.1, 0.15) is 5.69 Å². The topological polar surface area (TPSA) is 57.4 Å². The zero-order valence-corrected chi connectivity index (χ0v) is 12.6. The van der Waals surface area contributed by atoms with E-state index in [-0.39, 0.29) is 0 Å². The molecule has 0 amide bonds. The van der Waals surface area contributed by atoms with E-state index in [1.54, 1.807) is 14.2 Å². The highest BCUT2D eigenvalue weighted by atomic mass is 79.9. The van der Waals surface area contributed by atoms with Gasteiger partial charge in [-0.25, -0.2) is 0 Å². The molecule has 0 unspecified atom stereocenters. The van der Waals surface area contributed by atoms with Crippen LogP contribution in [0, 0.1) is 6.92 Å². The number of hydrogen-bond donors (Lipinski definition) is 1. The number of aromatic nitrogens is 1. The van der Waals surface area contributed by atoms with Crippen molar-refractivity contribution < 1.29 is 9.47 Å². The summed E-state index contributed by atoms with van der Waals surface area (Å²) >= 11 is 3.48. The molecule has 0 aliphatic carbocycles. The molecule has 0 saturated carbocycles. The summed E-state index contributed by atoms with van der Waals surface area (Å²) < 4.78 is 11.5. The lowest BCUT2D eigenvalue weighted by molar-refractivity contribution is 0.390. The molecule has 2 rings (SSSR count). The molecule has 0 radical (unpaired) electrons. The highest BCUT2D eigenvalue weighted by molar-refractivity contribution is 9.10. The number of nitrogen functional groups attached to an aromatic ring is 1. The predicted octanol–water partition coefficient (Wildman–Crippen LogP) is 3.42. The molecule has 2 aromatic rings. The minimum Gasteiger partial charge on any atom is -0.495 e. The first-order valence-corrected chi connectivity index (χ1v) is 6.51. The summed E-state index contributed by atoms with van der Waals surface area (Å²) in [6.07, 6.45) is 0. The summed E-state index contributed by atoms with van der Waals surface area (Å²) in [5, 5.41) is 0. The molecule has 5 heteroatoms. The fourth-order valence-electron chi connectivity index (χ4n) is 1.82. The van der Waals surface area contributed by atoms with E-state index in [2.05, 4.69) is 20.9 Å². The van der Waals surface area contributed by atoms with Crippen molar-refractivity contribution in [2.75, 3.05) is 20.0 Å². The third-order valence-electron chi connectivity index (χ3n) is 2.89. The van der Waals surface area contributed by atoms with Crippen molar-refractivity contribution in [3.8, 4) is 22.8 Å². The molecule has 1 aromatic heterocycles. The van der Waals surface area contributed by atoms with Crippen LogP contribution in [-0.2, 0) is 0 Å². The Hall–Kier alpha value is -1.75. The molecule has 0 fully saturated rings. The molecule has 1 heterocycles. The first-order valence-electron chi connectivity index (χ1n) is 5.72. The first-order chi connectivity index (χ1) is 9.08. The van der Waals surface area contributed by atoms with Gasteiger partial charge in [-0.3, -0.25) is 4.98 Å². The molecule has 0 aliphatic rings. The van der Waals surface area contributed by atoms with E-state index in [0.29, 0.717) is 17.2 Å². The molecule has 0 bridgehead atoms. The lowest BCUT2D eigenvalue weighted by Gasteiger charge is -2.13. The molecule has 100 valence electrons. The van der Waals surface area contributed by atoms with E-state index in [9.17, 15) is 0 Å². The van der Waals surface area contributed by atoms with Crippen molar-refractivity contribution in [2.45, 2.75) is 6.92 Å². The number of methoxy groups -OCH3 is 2. The number of hydrogen-bond acceptors (Lipinski definition) is 4. The lowest BCUT2D eigenvalue weighted by atomic mass is 10.1. The van der Waals surface area contributed by atoms with Crippen molar-refractivity contribution in [3.05, 3.63) is 34.4 Å². The smallest absolute Gasteiger partial charge is 0.146 e. The van der Waals surface area contributed by atoms with Gasteiger partial charge in [-0.1, -0.05) is 0 Å². The van der Waals surface area contributed by atoms with Crippen LogP contribution in [0.4, 0.5) is 5.69 Å². The van der Waals surface area contributed by atoms with Crippen molar-refractivity contribution >= 4 is 21.6 Å². The third kappa shape index (κ3) is 2.51. The van der Waals surface area contributed by atoms with Crippen LogP contribution in [0.15, 0.2) is 28.7 Å². The molecular weight excluding hydrogens is 308 g/mol. The van der Waals surface area contributed by atoms with E-state index in [0.717, 1.165) is 21.4 Å². The van der Waals surface area contributed by atoms with E-state index < -0.39 is 0 Å². The maximum Gasteiger partial charge on any atom is 0.146 e. The van der Waals surface area contributed by atoms with Gasteiger partial charge in [0.25, 0.3) is 0 Å². The van der Waals surface area contributed by atoms with Crippen LogP contribution in [-0.4, -0.2) is 19.2 Å². The number of pyridine rings is 1. The van der Waals surface area contributed by atoms with Crippen LogP contribution >= 0.6 is 15.9 Å². The minimum atomic E-state index is 0.676. The van der Waals surface area contributed by atoms with Gasteiger partial charge in [0.2, 0.25) is 0 Å². The van der Waals surface area contributed by atoms with Crippen LogP contribution < -0.4 is 15.2 Å². The van der Waals surface area contributed by atoms with Crippen LogP contribution in [0.25, 0.3) is 11.3 Å². The minimum absolute atomic E-state index is 0.676. The Morgan fingerprint density at radius 2 is 1.84 bits per heavy atom. The summed E-state index contributed by atoms with van der Waals surface area (Å²) in [5.74, 6) is 1.41. The summed E-state index contributed by atoms with van der Waals surface area (Å²) in [5.41, 5.74) is 8.96. The van der Waals surface area contributed by atoms with Gasteiger partial charge in [-0.2, -0.15) is 0 Å². The lowest BCUT2D eigenvalue weighted by Crippen LogP contribution is -1.97. The number of halogens is 1. The summed E-state index contributed by atoms with van der Waals surface area (Å²) in [7, 11) is 3.23. The fourth-order valence-corrected chi connectivity index (χ4v) is 2.49. The summed E-state index contributed by atoms with van der Waals surface area (Å²) in [4.78, 5) is 4.48. The van der Waals surface area contributed by atoms with Gasteiger partial charge >= 0.3 is 0 Å². The first kappa shape index (κ1) is 13.7. The van der Waals surface area contributed by atoms with E-state index in [1.165, 1.54) is 0 Å². The van der Waals surface area contributed by atoms with Crippen molar-refractivity contribution in [1.82, 2.24) is 4.98 Å². The molecule has 0 spiro atoms. The van der Waals surface area contributed by atoms with Gasteiger partial charge in [-0.15, -0.1) is 0 Å². The highest BCUT2D eigenvalue weighted by Gasteiger charge is 2.15. The van der Waals surface area contributed by atoms with Crippen molar-refractivity contribution in [3.63, 3.8) is 0 Å². The van der Waals surface area contributed by atoms with E-state index in [1.807, 2.05) is 31.2 Å². The Morgan fingerprint density at radius 3 is 2.42 bits per heavy atom. The normalized spacial score (nSPS) is 10.3. The molecule has 19 heavy (non-hydrogen) atoms. The van der Waals surface area contributed by atoms with E-state index >= 15 is 0 Å². The molecule has 1 aromatic carbocycles. The maximum absolute atomic E-state index is 5.79. The predicted molar refractivity (Wildman–Crippen MR) is 79.6 cm³/mol. The monoisotopic (exact) mass is 322 g/mol. The molecule has 0 atom stereocenters. The summed E-state index contributed by atoms with van der Waals surface area (Å²) in [6.45, 7) is 1.88. The molecule has 0 saturated heterocycles. The largest absolute Gasteiger partial charge is 0.495 e. The van der Waals surface area contributed by atoms with Crippen LogP contribution in [0.5, 0.6) is 11.5 Å². The third-order valence-corrected chi connectivity index (χ3v) is 3.64. The molecule has 0 aliphatic heterocycles. The number of benzene rings is 1. The Kier molecular flexibility index (Phi) is 3.95. The number of nitrogens with zero attached hydrogens (tertiary/aromatic N) is 1. The van der Waals surface area contributed by atoms with Crippen LogP contribution in [0.3, 0.4) is 0 Å². The van der Waals surface area contributed by atoms with Crippen molar-refractivity contribution in [1.29, 1.82) is 0 Å². The van der Waals surface area contributed by atoms with E-state index in [4.69, 9.17) is 15.2 Å². The molecule has 4 nitrogen and oxygen atoms in total. The van der Waals surface area contributed by atoms with Gasteiger partial charge in [0, 0.05) is 5.56 Å². The second-order valence-corrected chi connectivity index (χ2v) is 4.83. The van der Waals surface area contributed by atoms with Gasteiger partial charge in [-0.05, 0) is 47.1 Å². The summed E-state index contributed by atoms with van der Waals surface area (Å²) in [6, 6.07) is 7.50. The molecule has 2 N–H and O–H groups in total. The maximum atomic E-state index is 5.79. The second kappa shape index (κ2) is 5.48. The number of rotatable bonds is 3. The average molecular weight is 323 g/mol. The van der Waals surface area contributed by atoms with Gasteiger partial charge < -0.3 is 15.2 Å². The Labute approximate surface area is 120 Å². The Balaban J connectivity index is 2.61. The van der Waals surface area contributed by atoms with Gasteiger partial charge in [0.1, 0.15) is 16.0 Å². The number of aryl methyl sites for hydroxylation is 1. The van der Waals surface area contributed by atoms with Gasteiger partial charge in [0.15, 0.2) is 0 Å². The standard InChI is InChI=1S/C14H15BrN2O2/c1-8-10(16)5-6-11(17-8)9-4-7-12(18-2)13(15)14(9)19-3/h4-7H,16H2,1-3H3.